The summed E-state index contributed by atoms with van der Waals surface area (Å²) in [5.41, 5.74) is 0.935. The number of amides is 1. The van der Waals surface area contributed by atoms with Gasteiger partial charge in [-0.2, -0.15) is 0 Å². The molecule has 1 aromatic carbocycles. The minimum Gasteiger partial charge on any atom is -0.497 e. The Kier molecular flexibility index (Phi) is 5.09. The van der Waals surface area contributed by atoms with Crippen LogP contribution in [0.1, 0.15) is 12.5 Å². The SMILES string of the molecule is C#CCN(CC)C(=O)Cc1cccc(OC)c1. The fraction of sp³-hybridized carbons (Fsp3) is 0.357. The van der Waals surface area contributed by atoms with Crippen molar-refractivity contribution in [1.82, 2.24) is 4.90 Å². The van der Waals surface area contributed by atoms with Crippen molar-refractivity contribution in [2.24, 2.45) is 0 Å². The van der Waals surface area contributed by atoms with Gasteiger partial charge < -0.3 is 9.64 Å². The summed E-state index contributed by atoms with van der Waals surface area (Å²) in [7, 11) is 1.61. The van der Waals surface area contributed by atoms with Gasteiger partial charge in [-0.1, -0.05) is 18.1 Å². The molecule has 0 bridgehead atoms. The van der Waals surface area contributed by atoms with Crippen molar-refractivity contribution >= 4 is 5.91 Å². The lowest BCUT2D eigenvalue weighted by Gasteiger charge is -2.18. The van der Waals surface area contributed by atoms with Gasteiger partial charge in [-0.15, -0.1) is 6.42 Å². The Bertz CT molecular complexity index is 420. The number of methoxy groups -OCH3 is 1. The normalized spacial score (nSPS) is 9.47. The first kappa shape index (κ1) is 13.1. The zero-order valence-corrected chi connectivity index (χ0v) is 10.3. The molecule has 1 aromatic rings. The van der Waals surface area contributed by atoms with E-state index in [-0.39, 0.29) is 5.91 Å². The smallest absolute Gasteiger partial charge is 0.227 e. The zero-order chi connectivity index (χ0) is 12.7. The van der Waals surface area contributed by atoms with Gasteiger partial charge in [0.15, 0.2) is 0 Å². The Hall–Kier alpha value is -1.95. The molecule has 0 saturated heterocycles. The average Bonchev–Trinajstić information content (AvgIpc) is 2.36. The Morgan fingerprint density at radius 3 is 2.88 bits per heavy atom. The number of likely N-dealkylation sites (N-methyl/N-ethyl adjacent to an activating group) is 1. The van der Waals surface area contributed by atoms with E-state index in [0.717, 1.165) is 11.3 Å². The molecule has 3 nitrogen and oxygen atoms in total. The standard InChI is InChI=1S/C14H17NO2/c1-4-9-15(5-2)14(16)11-12-7-6-8-13(10-12)17-3/h1,6-8,10H,5,9,11H2,2-3H3. The van der Waals surface area contributed by atoms with E-state index in [1.807, 2.05) is 31.2 Å². The van der Waals surface area contributed by atoms with Crippen LogP contribution in [0.2, 0.25) is 0 Å². The Morgan fingerprint density at radius 1 is 1.53 bits per heavy atom. The van der Waals surface area contributed by atoms with Gasteiger partial charge >= 0.3 is 0 Å². The molecule has 0 aliphatic carbocycles. The molecular formula is C14H17NO2. The summed E-state index contributed by atoms with van der Waals surface area (Å²) in [6, 6.07) is 7.50. The minimum absolute atomic E-state index is 0.0405. The second kappa shape index (κ2) is 6.59. The molecule has 3 heteroatoms. The molecule has 0 unspecified atom stereocenters. The first-order valence-corrected chi connectivity index (χ1v) is 5.55. The number of benzene rings is 1. The number of ether oxygens (including phenoxy) is 1. The average molecular weight is 231 g/mol. The van der Waals surface area contributed by atoms with E-state index >= 15 is 0 Å². The number of nitrogens with zero attached hydrogens (tertiary/aromatic N) is 1. The van der Waals surface area contributed by atoms with E-state index in [1.165, 1.54) is 0 Å². The van der Waals surface area contributed by atoms with Crippen LogP contribution in [0.25, 0.3) is 0 Å². The molecule has 0 heterocycles. The van der Waals surface area contributed by atoms with Crippen molar-refractivity contribution in [3.8, 4) is 18.1 Å². The number of terminal acetylenes is 1. The molecule has 0 aliphatic heterocycles. The lowest BCUT2D eigenvalue weighted by molar-refractivity contribution is -0.129. The number of carbonyl (C=O) groups is 1. The fourth-order valence-corrected chi connectivity index (χ4v) is 1.56. The van der Waals surface area contributed by atoms with Crippen LogP contribution in [0.3, 0.4) is 0 Å². The lowest BCUT2D eigenvalue weighted by atomic mass is 10.1. The van der Waals surface area contributed by atoms with Crippen molar-refractivity contribution in [2.75, 3.05) is 20.2 Å². The molecule has 0 aromatic heterocycles. The summed E-state index contributed by atoms with van der Waals surface area (Å²) in [5, 5.41) is 0. The highest BCUT2D eigenvalue weighted by atomic mass is 16.5. The summed E-state index contributed by atoms with van der Waals surface area (Å²) >= 11 is 0. The lowest BCUT2D eigenvalue weighted by Crippen LogP contribution is -2.32. The third-order valence-electron chi connectivity index (χ3n) is 2.51. The molecule has 0 atom stereocenters. The molecule has 0 aliphatic rings. The van der Waals surface area contributed by atoms with Crippen LogP contribution < -0.4 is 4.74 Å². The minimum atomic E-state index is 0.0405. The van der Waals surface area contributed by atoms with E-state index in [4.69, 9.17) is 11.2 Å². The summed E-state index contributed by atoms with van der Waals surface area (Å²) in [6.45, 7) is 2.91. The van der Waals surface area contributed by atoms with E-state index in [2.05, 4.69) is 5.92 Å². The first-order chi connectivity index (χ1) is 8.21. The van der Waals surface area contributed by atoms with Gasteiger partial charge in [0.05, 0.1) is 20.1 Å². The van der Waals surface area contributed by atoms with Crippen molar-refractivity contribution in [3.63, 3.8) is 0 Å². The maximum atomic E-state index is 11.9. The summed E-state index contributed by atoms with van der Waals surface area (Å²) < 4.78 is 5.11. The molecule has 90 valence electrons. The quantitative estimate of drug-likeness (QED) is 0.722. The summed E-state index contributed by atoms with van der Waals surface area (Å²) in [5.74, 6) is 3.29. The molecule has 0 N–H and O–H groups in total. The largest absolute Gasteiger partial charge is 0.497 e. The summed E-state index contributed by atoms with van der Waals surface area (Å²) in [4.78, 5) is 13.6. The second-order valence-electron chi connectivity index (χ2n) is 3.64. The van der Waals surface area contributed by atoms with E-state index in [1.54, 1.807) is 12.0 Å². The van der Waals surface area contributed by atoms with Crippen LogP contribution >= 0.6 is 0 Å². The van der Waals surface area contributed by atoms with E-state index < -0.39 is 0 Å². The highest BCUT2D eigenvalue weighted by Crippen LogP contribution is 2.13. The molecular weight excluding hydrogens is 214 g/mol. The van der Waals surface area contributed by atoms with Gasteiger partial charge in [-0.05, 0) is 24.6 Å². The van der Waals surface area contributed by atoms with Gasteiger partial charge in [-0.3, -0.25) is 4.79 Å². The first-order valence-electron chi connectivity index (χ1n) is 5.55. The van der Waals surface area contributed by atoms with Crippen LogP contribution in [0.15, 0.2) is 24.3 Å². The van der Waals surface area contributed by atoms with Crippen molar-refractivity contribution < 1.29 is 9.53 Å². The second-order valence-corrected chi connectivity index (χ2v) is 3.64. The zero-order valence-electron chi connectivity index (χ0n) is 10.3. The van der Waals surface area contributed by atoms with Gasteiger partial charge in [0.2, 0.25) is 5.91 Å². The van der Waals surface area contributed by atoms with Crippen LogP contribution in [0.5, 0.6) is 5.75 Å². The van der Waals surface area contributed by atoms with Crippen molar-refractivity contribution in [2.45, 2.75) is 13.3 Å². The van der Waals surface area contributed by atoms with Gasteiger partial charge in [0, 0.05) is 6.54 Å². The number of hydrogen-bond donors (Lipinski definition) is 0. The number of carbonyl (C=O) groups excluding carboxylic acids is 1. The predicted molar refractivity (Wildman–Crippen MR) is 67.8 cm³/mol. The Labute approximate surface area is 102 Å². The number of hydrogen-bond acceptors (Lipinski definition) is 2. The Morgan fingerprint density at radius 2 is 2.29 bits per heavy atom. The molecule has 0 spiro atoms. The van der Waals surface area contributed by atoms with Gasteiger partial charge in [-0.25, -0.2) is 0 Å². The van der Waals surface area contributed by atoms with Crippen LogP contribution in [-0.2, 0) is 11.2 Å². The van der Waals surface area contributed by atoms with Crippen LogP contribution in [0.4, 0.5) is 0 Å². The van der Waals surface area contributed by atoms with Crippen LogP contribution in [-0.4, -0.2) is 31.0 Å². The maximum absolute atomic E-state index is 11.9. The molecule has 0 radical (unpaired) electrons. The highest BCUT2D eigenvalue weighted by molar-refractivity contribution is 5.79. The molecule has 1 amide bonds. The highest BCUT2D eigenvalue weighted by Gasteiger charge is 2.11. The monoisotopic (exact) mass is 231 g/mol. The maximum Gasteiger partial charge on any atom is 0.227 e. The van der Waals surface area contributed by atoms with E-state index in [0.29, 0.717) is 19.5 Å². The molecule has 17 heavy (non-hydrogen) atoms. The fourth-order valence-electron chi connectivity index (χ4n) is 1.56. The van der Waals surface area contributed by atoms with Crippen molar-refractivity contribution in [3.05, 3.63) is 29.8 Å². The van der Waals surface area contributed by atoms with Gasteiger partial charge in [0.1, 0.15) is 5.75 Å². The van der Waals surface area contributed by atoms with Gasteiger partial charge in [0.25, 0.3) is 0 Å². The third kappa shape index (κ3) is 3.84. The summed E-state index contributed by atoms with van der Waals surface area (Å²) in [6.07, 6.45) is 5.57. The topological polar surface area (TPSA) is 29.5 Å². The molecule has 1 rings (SSSR count). The molecule has 0 saturated carbocycles. The van der Waals surface area contributed by atoms with Crippen LogP contribution in [0, 0.1) is 12.3 Å². The third-order valence-corrected chi connectivity index (χ3v) is 2.51. The van der Waals surface area contributed by atoms with E-state index in [9.17, 15) is 4.79 Å². The Balaban J connectivity index is 2.69. The number of rotatable bonds is 5. The molecule has 0 fully saturated rings. The van der Waals surface area contributed by atoms with Crippen molar-refractivity contribution in [1.29, 1.82) is 0 Å². The predicted octanol–water partition coefficient (Wildman–Crippen LogP) is 1.72.